The number of nitrogens with one attached hydrogen (secondary N) is 1. The van der Waals surface area contributed by atoms with Crippen LogP contribution in [0.15, 0.2) is 18.2 Å². The molecule has 0 amide bonds. The molecular formula is C20H21F3N2O5. The van der Waals surface area contributed by atoms with Crippen molar-refractivity contribution in [2.24, 2.45) is 0 Å². The molecule has 10 heteroatoms. The van der Waals surface area contributed by atoms with Gasteiger partial charge in [0.2, 0.25) is 0 Å². The summed E-state index contributed by atoms with van der Waals surface area (Å²) in [6.07, 6.45) is -6.33. The van der Waals surface area contributed by atoms with Crippen molar-refractivity contribution in [1.82, 2.24) is 9.88 Å². The van der Waals surface area contributed by atoms with Crippen molar-refractivity contribution in [3.8, 4) is 5.75 Å². The van der Waals surface area contributed by atoms with Crippen LogP contribution in [0.1, 0.15) is 43.5 Å². The highest BCUT2D eigenvalue weighted by atomic mass is 19.4. The number of hydrogen-bond acceptors (Lipinski definition) is 6. The van der Waals surface area contributed by atoms with Crippen molar-refractivity contribution >= 4 is 22.8 Å². The Morgan fingerprint density at radius 3 is 2.63 bits per heavy atom. The number of nitrogens with zero attached hydrogens (tertiary/aromatic N) is 1. The van der Waals surface area contributed by atoms with E-state index in [1.54, 1.807) is 32.0 Å². The lowest BCUT2D eigenvalue weighted by Crippen LogP contribution is -2.47. The SMILES string of the molecule is COc1ccc2[nH]c3c(c2c1)C1CCN(C3C(=O)OC(C)C)C1OC(=O)C(F)(F)F. The number of fused-ring (bicyclic) bond motifs is 6. The number of halogens is 3. The van der Waals surface area contributed by atoms with E-state index in [0.717, 1.165) is 0 Å². The Labute approximate surface area is 170 Å². The number of aromatic amines is 1. The van der Waals surface area contributed by atoms with E-state index in [-0.39, 0.29) is 6.54 Å². The summed E-state index contributed by atoms with van der Waals surface area (Å²) in [6, 6.07) is 4.26. The Morgan fingerprint density at radius 1 is 1.27 bits per heavy atom. The van der Waals surface area contributed by atoms with Gasteiger partial charge in [-0.2, -0.15) is 13.2 Å². The van der Waals surface area contributed by atoms with Crippen LogP contribution >= 0.6 is 0 Å². The van der Waals surface area contributed by atoms with Gasteiger partial charge in [-0.1, -0.05) is 0 Å². The summed E-state index contributed by atoms with van der Waals surface area (Å²) >= 11 is 0. The first-order valence-electron chi connectivity index (χ1n) is 9.55. The molecule has 2 aliphatic heterocycles. The highest BCUT2D eigenvalue weighted by molar-refractivity contribution is 5.90. The fourth-order valence-electron chi connectivity index (χ4n) is 4.35. The number of esters is 2. The number of H-pyrrole nitrogens is 1. The van der Waals surface area contributed by atoms with Crippen molar-refractivity contribution < 1.29 is 37.0 Å². The molecule has 1 N–H and O–H groups in total. The van der Waals surface area contributed by atoms with E-state index in [0.29, 0.717) is 34.3 Å². The minimum absolute atomic E-state index is 0.284. The second-order valence-electron chi connectivity index (χ2n) is 7.68. The van der Waals surface area contributed by atoms with Crippen molar-refractivity contribution in [1.29, 1.82) is 0 Å². The van der Waals surface area contributed by atoms with Crippen LogP contribution in [0.25, 0.3) is 10.9 Å². The molecule has 1 aromatic heterocycles. The third kappa shape index (κ3) is 3.28. The molecule has 3 heterocycles. The van der Waals surface area contributed by atoms with Gasteiger partial charge in [-0.15, -0.1) is 0 Å². The number of alkyl halides is 3. The molecule has 7 nitrogen and oxygen atoms in total. The molecule has 162 valence electrons. The van der Waals surface area contributed by atoms with Crippen LogP contribution in [0.5, 0.6) is 5.75 Å². The summed E-state index contributed by atoms with van der Waals surface area (Å²) in [7, 11) is 1.51. The van der Waals surface area contributed by atoms with Crippen LogP contribution in [0.2, 0.25) is 0 Å². The van der Waals surface area contributed by atoms with E-state index in [2.05, 4.69) is 4.98 Å². The van der Waals surface area contributed by atoms with Gasteiger partial charge in [-0.05, 0) is 44.0 Å². The number of methoxy groups -OCH3 is 1. The molecule has 2 aliphatic rings. The zero-order chi connectivity index (χ0) is 21.8. The maximum atomic E-state index is 12.9. The van der Waals surface area contributed by atoms with Crippen molar-refractivity contribution in [3.05, 3.63) is 29.5 Å². The number of hydrogen-bond donors (Lipinski definition) is 1. The van der Waals surface area contributed by atoms with E-state index in [1.165, 1.54) is 12.0 Å². The average molecular weight is 426 g/mol. The topological polar surface area (TPSA) is 80.9 Å². The van der Waals surface area contributed by atoms with Gasteiger partial charge in [-0.3, -0.25) is 0 Å². The second kappa shape index (κ2) is 7.19. The molecule has 4 unspecified atom stereocenters. The summed E-state index contributed by atoms with van der Waals surface area (Å²) < 4.78 is 54.2. The summed E-state index contributed by atoms with van der Waals surface area (Å²) in [5.74, 6) is -2.84. The molecule has 1 saturated heterocycles. The Morgan fingerprint density at radius 2 is 2.00 bits per heavy atom. The fourth-order valence-corrected chi connectivity index (χ4v) is 4.35. The van der Waals surface area contributed by atoms with E-state index >= 15 is 0 Å². The lowest BCUT2D eigenvalue weighted by Gasteiger charge is -2.37. The molecule has 1 fully saturated rings. The van der Waals surface area contributed by atoms with Gasteiger partial charge < -0.3 is 19.2 Å². The summed E-state index contributed by atoms with van der Waals surface area (Å²) in [5.41, 5.74) is 1.91. The predicted molar refractivity (Wildman–Crippen MR) is 98.8 cm³/mol. The van der Waals surface area contributed by atoms with E-state index in [9.17, 15) is 22.8 Å². The monoisotopic (exact) mass is 426 g/mol. The molecular weight excluding hydrogens is 405 g/mol. The Balaban J connectivity index is 1.84. The van der Waals surface area contributed by atoms with Crippen LogP contribution in [0.4, 0.5) is 13.2 Å². The lowest BCUT2D eigenvalue weighted by atomic mass is 9.89. The largest absolute Gasteiger partial charge is 0.497 e. The highest BCUT2D eigenvalue weighted by Gasteiger charge is 2.54. The number of benzene rings is 1. The smallest absolute Gasteiger partial charge is 0.490 e. The molecule has 0 aliphatic carbocycles. The molecule has 30 heavy (non-hydrogen) atoms. The zero-order valence-electron chi connectivity index (χ0n) is 16.6. The first-order chi connectivity index (χ1) is 14.1. The number of carbonyl (C=O) groups excluding carboxylic acids is 2. The molecule has 4 atom stereocenters. The van der Waals surface area contributed by atoms with Gasteiger partial charge in [0, 0.05) is 29.1 Å². The lowest BCUT2D eigenvalue weighted by molar-refractivity contribution is -0.215. The van der Waals surface area contributed by atoms with Crippen molar-refractivity contribution in [3.63, 3.8) is 0 Å². The van der Waals surface area contributed by atoms with E-state index in [4.69, 9.17) is 14.2 Å². The first-order valence-corrected chi connectivity index (χ1v) is 9.55. The van der Waals surface area contributed by atoms with Gasteiger partial charge >= 0.3 is 18.1 Å². The predicted octanol–water partition coefficient (Wildman–Crippen LogP) is 3.40. The minimum Gasteiger partial charge on any atom is -0.497 e. The molecule has 0 spiro atoms. The molecule has 2 aromatic rings. The van der Waals surface area contributed by atoms with E-state index < -0.39 is 42.4 Å². The zero-order valence-corrected chi connectivity index (χ0v) is 16.6. The summed E-state index contributed by atoms with van der Waals surface area (Å²) in [5, 5.41) is 0.714. The van der Waals surface area contributed by atoms with Crippen LogP contribution in [-0.4, -0.2) is 54.0 Å². The molecule has 1 aromatic carbocycles. The fraction of sp³-hybridized carbons (Fsp3) is 0.500. The maximum absolute atomic E-state index is 12.9. The first kappa shape index (κ1) is 20.5. The van der Waals surface area contributed by atoms with Gasteiger partial charge in [0.15, 0.2) is 12.3 Å². The molecule has 0 saturated carbocycles. The van der Waals surface area contributed by atoms with Crippen molar-refractivity contribution in [2.75, 3.05) is 13.7 Å². The molecule has 2 bridgehead atoms. The molecule has 4 rings (SSSR count). The number of ether oxygens (including phenoxy) is 3. The normalized spacial score (nSPS) is 25.3. The maximum Gasteiger partial charge on any atom is 0.490 e. The van der Waals surface area contributed by atoms with Gasteiger partial charge in [0.1, 0.15) is 5.75 Å². The average Bonchev–Trinajstić information content (AvgIpc) is 3.17. The second-order valence-corrected chi connectivity index (χ2v) is 7.68. The standard InChI is InChI=1S/C20H21F3N2O5/c1-9(2)29-18(26)16-15-14(12-8-10(28-3)4-5-13(12)24-15)11-6-7-25(16)17(11)30-19(27)20(21,22)23/h4-5,8-9,11,16-17,24H,6-7H2,1-3H3. The Kier molecular flexibility index (Phi) is 4.92. The third-order valence-electron chi connectivity index (χ3n) is 5.46. The Hall–Kier alpha value is -2.75. The number of rotatable bonds is 4. The Bertz CT molecular complexity index is 1000. The van der Waals surface area contributed by atoms with Crippen LogP contribution in [0, 0.1) is 0 Å². The summed E-state index contributed by atoms with van der Waals surface area (Å²) in [6.45, 7) is 3.66. The van der Waals surface area contributed by atoms with Crippen molar-refractivity contribution in [2.45, 2.75) is 50.7 Å². The highest BCUT2D eigenvalue weighted by Crippen LogP contribution is 2.50. The minimum atomic E-state index is -5.13. The van der Waals surface area contributed by atoms with E-state index in [1.807, 2.05) is 0 Å². The molecule has 0 radical (unpaired) electrons. The van der Waals surface area contributed by atoms with Gasteiger partial charge in [0.25, 0.3) is 0 Å². The van der Waals surface area contributed by atoms with Crippen LogP contribution in [0.3, 0.4) is 0 Å². The van der Waals surface area contributed by atoms with Gasteiger partial charge in [0.05, 0.1) is 13.2 Å². The van der Waals surface area contributed by atoms with Crippen LogP contribution < -0.4 is 4.74 Å². The number of carbonyl (C=O) groups is 2. The van der Waals surface area contributed by atoms with Gasteiger partial charge in [-0.25, -0.2) is 14.5 Å². The number of aromatic nitrogens is 1. The third-order valence-corrected chi connectivity index (χ3v) is 5.46. The quantitative estimate of drug-likeness (QED) is 0.755. The summed E-state index contributed by atoms with van der Waals surface area (Å²) in [4.78, 5) is 29.2. The van der Waals surface area contributed by atoms with Crippen LogP contribution in [-0.2, 0) is 19.1 Å².